The fraction of sp³-hybridized carbons (Fsp3) is 0.167. The molecule has 2 aromatic carbocycles. The SMILES string of the molecule is Nc1ccc(C#CCCNC(=O)OCc2ccccc2)c(Cl)c1F. The number of benzene rings is 2. The summed E-state index contributed by atoms with van der Waals surface area (Å²) >= 11 is 5.81. The summed E-state index contributed by atoms with van der Waals surface area (Å²) in [5.41, 5.74) is 6.65. The van der Waals surface area contributed by atoms with E-state index in [9.17, 15) is 9.18 Å². The third-order valence-electron chi connectivity index (χ3n) is 3.07. The zero-order valence-electron chi connectivity index (χ0n) is 12.8. The van der Waals surface area contributed by atoms with E-state index in [1.807, 2.05) is 30.3 Å². The van der Waals surface area contributed by atoms with Gasteiger partial charge in [0, 0.05) is 18.5 Å². The minimum Gasteiger partial charge on any atom is -0.445 e. The van der Waals surface area contributed by atoms with Gasteiger partial charge in [-0.25, -0.2) is 9.18 Å². The van der Waals surface area contributed by atoms with Gasteiger partial charge in [-0.15, -0.1) is 0 Å². The largest absolute Gasteiger partial charge is 0.445 e. The van der Waals surface area contributed by atoms with E-state index in [-0.39, 0.29) is 17.3 Å². The monoisotopic (exact) mass is 346 g/mol. The standard InChI is InChI=1S/C18H16ClFN2O2/c19-16-14(9-10-15(21)17(16)20)8-4-5-11-22-18(23)24-12-13-6-2-1-3-7-13/h1-3,6-7,9-10H,5,11-12,21H2,(H,22,23). The highest BCUT2D eigenvalue weighted by molar-refractivity contribution is 6.32. The maximum atomic E-state index is 13.5. The molecule has 24 heavy (non-hydrogen) atoms. The van der Waals surface area contributed by atoms with Crippen LogP contribution in [-0.4, -0.2) is 12.6 Å². The van der Waals surface area contributed by atoms with Gasteiger partial charge in [0.25, 0.3) is 0 Å². The van der Waals surface area contributed by atoms with Gasteiger partial charge in [-0.05, 0) is 17.7 Å². The molecule has 0 aromatic heterocycles. The summed E-state index contributed by atoms with van der Waals surface area (Å²) in [4.78, 5) is 11.5. The molecule has 2 rings (SSSR count). The highest BCUT2D eigenvalue weighted by atomic mass is 35.5. The maximum Gasteiger partial charge on any atom is 0.407 e. The Bertz CT molecular complexity index is 770. The van der Waals surface area contributed by atoms with Crippen molar-refractivity contribution in [1.29, 1.82) is 0 Å². The van der Waals surface area contributed by atoms with Crippen molar-refractivity contribution in [3.05, 3.63) is 64.4 Å². The van der Waals surface area contributed by atoms with Crippen molar-refractivity contribution in [2.24, 2.45) is 0 Å². The Balaban J connectivity index is 1.73. The van der Waals surface area contributed by atoms with E-state index in [2.05, 4.69) is 17.2 Å². The van der Waals surface area contributed by atoms with Crippen molar-refractivity contribution in [2.75, 3.05) is 12.3 Å². The number of hydrogen-bond acceptors (Lipinski definition) is 3. The summed E-state index contributed by atoms with van der Waals surface area (Å²) in [5, 5.41) is 2.48. The minimum atomic E-state index is -0.675. The lowest BCUT2D eigenvalue weighted by Gasteiger charge is -2.05. The molecule has 2 aromatic rings. The smallest absolute Gasteiger partial charge is 0.407 e. The molecule has 6 heteroatoms. The Kier molecular flexibility index (Phi) is 6.47. The van der Waals surface area contributed by atoms with Crippen LogP contribution < -0.4 is 11.1 Å². The summed E-state index contributed by atoms with van der Waals surface area (Å²) < 4.78 is 18.6. The van der Waals surface area contributed by atoms with Crippen molar-refractivity contribution in [3.8, 4) is 11.8 Å². The summed E-state index contributed by atoms with van der Waals surface area (Å²) in [5.74, 6) is 4.87. The van der Waals surface area contributed by atoms with Gasteiger partial charge in [-0.3, -0.25) is 0 Å². The van der Waals surface area contributed by atoms with Gasteiger partial charge in [0.1, 0.15) is 6.61 Å². The van der Waals surface area contributed by atoms with Crippen LogP contribution >= 0.6 is 11.6 Å². The molecular formula is C18H16ClFN2O2. The van der Waals surface area contributed by atoms with Gasteiger partial charge >= 0.3 is 6.09 Å². The average molecular weight is 347 g/mol. The quantitative estimate of drug-likeness (QED) is 0.503. The number of amides is 1. The first-order valence-electron chi connectivity index (χ1n) is 7.25. The number of nitrogen functional groups attached to an aromatic ring is 1. The number of rotatable bonds is 4. The molecule has 0 spiro atoms. The number of anilines is 1. The second kappa shape index (κ2) is 8.80. The first kappa shape index (κ1) is 17.6. The predicted molar refractivity (Wildman–Crippen MR) is 91.9 cm³/mol. The molecule has 3 N–H and O–H groups in total. The Morgan fingerprint density at radius 2 is 2.00 bits per heavy atom. The third kappa shape index (κ3) is 5.18. The molecule has 0 fully saturated rings. The van der Waals surface area contributed by atoms with Crippen LogP contribution in [0, 0.1) is 17.7 Å². The molecule has 4 nitrogen and oxygen atoms in total. The zero-order chi connectivity index (χ0) is 17.4. The lowest BCUT2D eigenvalue weighted by molar-refractivity contribution is 0.140. The number of carbonyl (C=O) groups excluding carboxylic acids is 1. The van der Waals surface area contributed by atoms with Crippen molar-refractivity contribution in [3.63, 3.8) is 0 Å². The molecule has 0 heterocycles. The number of alkyl carbamates (subject to hydrolysis) is 1. The Labute approximate surface area is 144 Å². The molecule has 1 amide bonds. The second-order valence-electron chi connectivity index (χ2n) is 4.87. The van der Waals surface area contributed by atoms with Gasteiger partial charge in [-0.1, -0.05) is 53.8 Å². The van der Waals surface area contributed by atoms with Crippen LogP contribution in [-0.2, 0) is 11.3 Å². The van der Waals surface area contributed by atoms with E-state index < -0.39 is 11.9 Å². The average Bonchev–Trinajstić information content (AvgIpc) is 2.60. The molecule has 0 radical (unpaired) electrons. The highest BCUT2D eigenvalue weighted by Gasteiger charge is 2.07. The lowest BCUT2D eigenvalue weighted by Crippen LogP contribution is -2.24. The molecule has 0 bridgehead atoms. The number of halogens is 2. The van der Waals surface area contributed by atoms with Crippen molar-refractivity contribution in [2.45, 2.75) is 13.0 Å². The van der Waals surface area contributed by atoms with Crippen molar-refractivity contribution < 1.29 is 13.9 Å². The van der Waals surface area contributed by atoms with E-state index in [4.69, 9.17) is 22.1 Å². The zero-order valence-corrected chi connectivity index (χ0v) is 13.6. The van der Waals surface area contributed by atoms with Gasteiger partial charge in [0.2, 0.25) is 0 Å². The number of ether oxygens (including phenoxy) is 1. The molecule has 0 aliphatic carbocycles. The van der Waals surface area contributed by atoms with E-state index in [0.717, 1.165) is 5.56 Å². The van der Waals surface area contributed by atoms with Crippen molar-refractivity contribution in [1.82, 2.24) is 5.32 Å². The summed E-state index contributed by atoms with van der Waals surface area (Å²) in [7, 11) is 0. The number of carbonyl (C=O) groups is 1. The van der Waals surface area contributed by atoms with Crippen molar-refractivity contribution >= 4 is 23.4 Å². The van der Waals surface area contributed by atoms with E-state index in [0.29, 0.717) is 18.5 Å². The Morgan fingerprint density at radius 1 is 1.25 bits per heavy atom. The van der Waals surface area contributed by atoms with Crippen LogP contribution in [0.5, 0.6) is 0 Å². The number of nitrogens with two attached hydrogens (primary N) is 1. The normalized spacial score (nSPS) is 9.75. The first-order valence-corrected chi connectivity index (χ1v) is 7.62. The fourth-order valence-electron chi connectivity index (χ4n) is 1.82. The molecule has 0 saturated heterocycles. The molecule has 0 unspecified atom stereocenters. The summed E-state index contributed by atoms with van der Waals surface area (Å²) in [6.45, 7) is 0.522. The molecule has 0 aliphatic heterocycles. The molecule has 0 atom stereocenters. The van der Waals surface area contributed by atoms with E-state index in [1.165, 1.54) is 6.07 Å². The van der Waals surface area contributed by atoms with Crippen LogP contribution in [0.15, 0.2) is 42.5 Å². The highest BCUT2D eigenvalue weighted by Crippen LogP contribution is 2.23. The molecule has 0 saturated carbocycles. The van der Waals surface area contributed by atoms with Gasteiger partial charge in [0.05, 0.1) is 10.7 Å². The maximum absolute atomic E-state index is 13.5. The fourth-order valence-corrected chi connectivity index (χ4v) is 2.04. The number of nitrogens with one attached hydrogen (secondary N) is 1. The van der Waals surface area contributed by atoms with Gasteiger partial charge < -0.3 is 15.8 Å². The third-order valence-corrected chi connectivity index (χ3v) is 3.44. The van der Waals surface area contributed by atoms with Crippen LogP contribution in [0.1, 0.15) is 17.5 Å². The molecular weight excluding hydrogens is 331 g/mol. The lowest BCUT2D eigenvalue weighted by atomic mass is 10.2. The second-order valence-corrected chi connectivity index (χ2v) is 5.25. The summed E-state index contributed by atoms with van der Waals surface area (Å²) in [6.07, 6.45) is -0.139. The van der Waals surface area contributed by atoms with Crippen LogP contribution in [0.4, 0.5) is 14.9 Å². The van der Waals surface area contributed by atoms with Gasteiger partial charge in [0.15, 0.2) is 5.82 Å². The van der Waals surface area contributed by atoms with Crippen LogP contribution in [0.25, 0.3) is 0 Å². The van der Waals surface area contributed by atoms with Crippen LogP contribution in [0.2, 0.25) is 5.02 Å². The predicted octanol–water partition coefficient (Wildman–Crippen LogP) is 3.73. The van der Waals surface area contributed by atoms with Crippen LogP contribution in [0.3, 0.4) is 0 Å². The van der Waals surface area contributed by atoms with E-state index >= 15 is 0 Å². The minimum absolute atomic E-state index is 0.0200. The molecule has 0 aliphatic rings. The Hall–Kier alpha value is -2.71. The first-order chi connectivity index (χ1) is 11.6. The summed E-state index contributed by atoms with van der Waals surface area (Å²) in [6, 6.07) is 12.3. The van der Waals surface area contributed by atoms with Gasteiger partial charge in [-0.2, -0.15) is 0 Å². The number of hydrogen-bond donors (Lipinski definition) is 2. The Morgan fingerprint density at radius 3 is 2.75 bits per heavy atom. The molecule has 124 valence electrons. The topological polar surface area (TPSA) is 64.3 Å². The van der Waals surface area contributed by atoms with E-state index in [1.54, 1.807) is 6.07 Å².